The first kappa shape index (κ1) is 24.2. The first-order valence-electron chi connectivity index (χ1n) is 12.8. The molecular weight excluding hydrogens is 450 g/mol. The number of benzene rings is 2. The quantitative estimate of drug-likeness (QED) is 0.408. The normalized spacial score (nSPS) is 20.2. The number of carbonyl (C=O) groups excluding carboxylic acids is 1. The summed E-state index contributed by atoms with van der Waals surface area (Å²) in [6, 6.07) is 12.5. The number of carbonyl (C=O) groups is 1. The minimum atomic E-state index is -0.684. The van der Waals surface area contributed by atoms with Crippen LogP contribution in [0, 0.1) is 5.92 Å². The molecule has 1 unspecified atom stereocenters. The zero-order valence-corrected chi connectivity index (χ0v) is 21.1. The molecule has 0 saturated heterocycles. The molecule has 8 heteroatoms. The molecule has 0 spiro atoms. The molecule has 1 heterocycles. The molecule has 5 rings (SSSR count). The van der Waals surface area contributed by atoms with E-state index in [1.165, 1.54) is 18.4 Å². The van der Waals surface area contributed by atoms with Gasteiger partial charge >= 0.3 is 0 Å². The van der Waals surface area contributed by atoms with Crippen LogP contribution in [0.4, 0.5) is 0 Å². The molecule has 188 valence electrons. The Kier molecular flexibility index (Phi) is 6.62. The lowest BCUT2D eigenvalue weighted by molar-refractivity contribution is 0.0963. The maximum atomic E-state index is 12.5. The highest BCUT2D eigenvalue weighted by molar-refractivity contribution is 5.94. The van der Waals surface area contributed by atoms with Crippen LogP contribution in [0.5, 0.6) is 0 Å². The first-order chi connectivity index (χ1) is 17.5. The molecule has 0 aliphatic heterocycles. The van der Waals surface area contributed by atoms with Gasteiger partial charge in [0.2, 0.25) is 0 Å². The predicted molar refractivity (Wildman–Crippen MR) is 140 cm³/mol. The molecule has 1 saturated carbocycles. The highest BCUT2D eigenvalue weighted by Gasteiger charge is 2.46. The Morgan fingerprint density at radius 1 is 1.08 bits per heavy atom. The summed E-state index contributed by atoms with van der Waals surface area (Å²) in [7, 11) is 3.54. The second kappa shape index (κ2) is 9.85. The Bertz CT molecular complexity index is 1190. The van der Waals surface area contributed by atoms with Gasteiger partial charge in [-0.25, -0.2) is 0 Å². The van der Waals surface area contributed by atoms with Gasteiger partial charge in [0.05, 0.1) is 5.41 Å². The minimum absolute atomic E-state index is 0.0182. The van der Waals surface area contributed by atoms with Crippen molar-refractivity contribution in [2.75, 3.05) is 14.1 Å². The maximum Gasteiger partial charge on any atom is 0.251 e. The Labute approximate surface area is 212 Å². The van der Waals surface area contributed by atoms with E-state index in [1.807, 2.05) is 19.2 Å². The molecular formula is C28H35N7O. The lowest BCUT2D eigenvalue weighted by Crippen LogP contribution is -2.42. The van der Waals surface area contributed by atoms with E-state index in [4.69, 9.17) is 5.73 Å². The number of amides is 1. The summed E-state index contributed by atoms with van der Waals surface area (Å²) in [4.78, 5) is 12.5. The Morgan fingerprint density at radius 2 is 1.72 bits per heavy atom. The summed E-state index contributed by atoms with van der Waals surface area (Å²) in [5.74, 6) is 0.991. The van der Waals surface area contributed by atoms with Gasteiger partial charge in [0, 0.05) is 31.4 Å². The summed E-state index contributed by atoms with van der Waals surface area (Å²) in [6.07, 6.45) is 7.04. The van der Waals surface area contributed by atoms with Gasteiger partial charge in [-0.05, 0) is 84.0 Å². The largest absolute Gasteiger partial charge is 0.388 e. The number of nitrogens with one attached hydrogen (secondary N) is 3. The van der Waals surface area contributed by atoms with E-state index in [0.717, 1.165) is 53.6 Å². The van der Waals surface area contributed by atoms with Crippen LogP contribution in [0.1, 0.15) is 76.1 Å². The number of aryl methyl sites for hydroxylation is 2. The van der Waals surface area contributed by atoms with Crippen LogP contribution in [0.3, 0.4) is 0 Å². The fourth-order valence-corrected chi connectivity index (χ4v) is 6.27. The van der Waals surface area contributed by atoms with Crippen molar-refractivity contribution in [2.24, 2.45) is 11.7 Å². The van der Waals surface area contributed by atoms with Crippen molar-refractivity contribution in [3.8, 4) is 0 Å². The van der Waals surface area contributed by atoms with Crippen LogP contribution in [0.25, 0.3) is 5.70 Å². The van der Waals surface area contributed by atoms with Crippen LogP contribution < -0.4 is 16.4 Å². The minimum Gasteiger partial charge on any atom is -0.388 e. The third-order valence-corrected chi connectivity index (χ3v) is 8.21. The number of aromatic nitrogens is 4. The monoisotopic (exact) mass is 485 g/mol. The highest BCUT2D eigenvalue weighted by atomic mass is 16.1. The van der Waals surface area contributed by atoms with E-state index in [1.54, 1.807) is 7.05 Å². The Balaban J connectivity index is 1.75. The molecule has 1 amide bonds. The molecule has 1 aromatic heterocycles. The fraction of sp³-hybridized carbons (Fsp3) is 0.429. The summed E-state index contributed by atoms with van der Waals surface area (Å²) >= 11 is 0. The van der Waals surface area contributed by atoms with Crippen LogP contribution in [0.15, 0.2) is 43.0 Å². The number of nitrogens with two attached hydrogens (primary N) is 1. The van der Waals surface area contributed by atoms with Gasteiger partial charge in [0.15, 0.2) is 5.82 Å². The third-order valence-electron chi connectivity index (χ3n) is 8.21. The molecule has 8 nitrogen and oxygen atoms in total. The van der Waals surface area contributed by atoms with Crippen molar-refractivity contribution in [3.05, 3.63) is 82.2 Å². The number of aromatic amines is 1. The Hall–Kier alpha value is -3.52. The standard InChI is InChI=1S/C28H35N7O/c1-17(30-2)19-10-12-23-20(14-19)8-9-21-15-22(26(36)31-3)11-13-24(21)28(23,27-32-34-35-33-27)16-25(29)18-6-4-5-7-18/h10-15,18,25,30H,1,4-9,16,29H2,2-3H3,(H,31,36)(H,32,33,34,35)/t25-,28?/m0/s1. The van der Waals surface area contributed by atoms with Gasteiger partial charge in [-0.1, -0.05) is 42.8 Å². The first-order valence-corrected chi connectivity index (χ1v) is 12.8. The smallest absolute Gasteiger partial charge is 0.251 e. The van der Waals surface area contributed by atoms with Crippen LogP contribution in [-0.4, -0.2) is 46.7 Å². The molecule has 36 heavy (non-hydrogen) atoms. The second-order valence-corrected chi connectivity index (χ2v) is 10.1. The zero-order valence-electron chi connectivity index (χ0n) is 21.1. The molecule has 5 N–H and O–H groups in total. The van der Waals surface area contributed by atoms with Crippen molar-refractivity contribution in [2.45, 2.75) is 56.4 Å². The van der Waals surface area contributed by atoms with Crippen LogP contribution in [-0.2, 0) is 18.3 Å². The number of tetrazole rings is 1. The van der Waals surface area contributed by atoms with Crippen molar-refractivity contribution in [1.29, 1.82) is 0 Å². The van der Waals surface area contributed by atoms with Crippen molar-refractivity contribution >= 4 is 11.6 Å². The second-order valence-electron chi connectivity index (χ2n) is 10.1. The van der Waals surface area contributed by atoms with Gasteiger partial charge in [-0.15, -0.1) is 10.2 Å². The SMILES string of the molecule is C=C(NC)c1ccc2c(c1)CCc1cc(C(=O)NC)ccc1C2(C[C@H](N)C1CCCC1)c1nn[nH]n1. The zero-order chi connectivity index (χ0) is 25.3. The molecule has 2 aliphatic carbocycles. The van der Waals surface area contributed by atoms with Gasteiger partial charge < -0.3 is 16.4 Å². The van der Waals surface area contributed by atoms with E-state index >= 15 is 0 Å². The molecule has 0 radical (unpaired) electrons. The van der Waals surface area contributed by atoms with E-state index in [2.05, 4.69) is 62.1 Å². The Morgan fingerprint density at radius 3 is 2.31 bits per heavy atom. The number of nitrogens with zero attached hydrogens (tertiary/aromatic N) is 3. The van der Waals surface area contributed by atoms with Gasteiger partial charge in [0.25, 0.3) is 5.91 Å². The van der Waals surface area contributed by atoms with E-state index in [0.29, 0.717) is 23.7 Å². The molecule has 1 fully saturated rings. The average Bonchev–Trinajstić information content (AvgIpc) is 3.63. The number of hydrogen-bond acceptors (Lipinski definition) is 6. The highest BCUT2D eigenvalue weighted by Crippen LogP contribution is 2.48. The summed E-state index contributed by atoms with van der Waals surface area (Å²) in [5.41, 5.74) is 13.5. The third kappa shape index (κ3) is 4.09. The van der Waals surface area contributed by atoms with Crippen molar-refractivity contribution in [1.82, 2.24) is 31.3 Å². The van der Waals surface area contributed by atoms with E-state index in [-0.39, 0.29) is 11.9 Å². The number of rotatable bonds is 7. The van der Waals surface area contributed by atoms with Crippen molar-refractivity contribution in [3.63, 3.8) is 0 Å². The van der Waals surface area contributed by atoms with Crippen LogP contribution >= 0.6 is 0 Å². The molecule has 2 atom stereocenters. The van der Waals surface area contributed by atoms with Gasteiger partial charge in [-0.2, -0.15) is 5.21 Å². The average molecular weight is 486 g/mol. The number of H-pyrrole nitrogens is 1. The van der Waals surface area contributed by atoms with E-state index < -0.39 is 5.41 Å². The molecule has 2 aliphatic rings. The van der Waals surface area contributed by atoms with Crippen LogP contribution in [0.2, 0.25) is 0 Å². The molecule has 0 bridgehead atoms. The van der Waals surface area contributed by atoms with Gasteiger partial charge in [-0.3, -0.25) is 4.79 Å². The van der Waals surface area contributed by atoms with E-state index in [9.17, 15) is 4.79 Å². The number of fused-ring (bicyclic) bond motifs is 2. The fourth-order valence-electron chi connectivity index (χ4n) is 6.27. The van der Waals surface area contributed by atoms with Crippen molar-refractivity contribution < 1.29 is 4.79 Å². The molecule has 2 aromatic carbocycles. The summed E-state index contributed by atoms with van der Waals surface area (Å²) < 4.78 is 0. The lowest BCUT2D eigenvalue weighted by atomic mass is 9.66. The summed E-state index contributed by atoms with van der Waals surface area (Å²) in [6.45, 7) is 4.17. The maximum absolute atomic E-state index is 12.5. The molecule has 3 aromatic rings. The van der Waals surface area contributed by atoms with Gasteiger partial charge in [0.1, 0.15) is 0 Å². The topological polar surface area (TPSA) is 122 Å². The number of hydrogen-bond donors (Lipinski definition) is 4. The predicted octanol–water partition coefficient (Wildman–Crippen LogP) is 3.09. The summed E-state index contributed by atoms with van der Waals surface area (Å²) in [5, 5.41) is 21.7. The lowest BCUT2D eigenvalue weighted by Gasteiger charge is -2.37.